The molecule has 0 aliphatic carbocycles. The molecule has 2 unspecified atom stereocenters. The predicted molar refractivity (Wildman–Crippen MR) is 80.1 cm³/mol. The van der Waals surface area contributed by atoms with E-state index in [0.29, 0.717) is 5.41 Å². The molecule has 0 aromatic carbocycles. The zero-order valence-corrected chi connectivity index (χ0v) is 13.7. The van der Waals surface area contributed by atoms with Gasteiger partial charge in [-0.3, -0.25) is 15.1 Å². The fourth-order valence-corrected chi connectivity index (χ4v) is 3.46. The van der Waals surface area contributed by atoms with Crippen LogP contribution in [-0.2, 0) is 4.79 Å². The lowest BCUT2D eigenvalue weighted by Crippen LogP contribution is -2.64. The maximum atomic E-state index is 11.6. The Bertz CT molecular complexity index is 323. The highest BCUT2D eigenvalue weighted by Gasteiger charge is 2.35. The Kier molecular flexibility index (Phi) is 4.87. The second kappa shape index (κ2) is 6.08. The van der Waals surface area contributed by atoms with Crippen LogP contribution in [0.25, 0.3) is 0 Å². The number of piperazine rings is 1. The van der Waals surface area contributed by atoms with Gasteiger partial charge in [0.15, 0.2) is 0 Å². The molecule has 0 radical (unpaired) electrons. The molecule has 0 spiro atoms. The average Bonchev–Trinajstić information content (AvgIpc) is 2.32. The zero-order valence-electron chi connectivity index (χ0n) is 12.1. The largest absolute Gasteiger partial charge is 0.300 e. The normalized spacial score (nSPS) is 31.3. The predicted octanol–water partition coefficient (Wildman–Crippen LogP) is 0.417. The van der Waals surface area contributed by atoms with E-state index in [1.165, 1.54) is 0 Å². The Balaban J connectivity index is 1.84. The number of rotatable bonds is 2. The zero-order chi connectivity index (χ0) is 14.0. The number of carbonyl (C=O) groups is 1. The van der Waals surface area contributed by atoms with Gasteiger partial charge in [-0.25, -0.2) is 5.43 Å². The first-order valence-corrected chi connectivity index (χ1v) is 7.91. The minimum atomic E-state index is -0.108. The van der Waals surface area contributed by atoms with Gasteiger partial charge in [-0.05, 0) is 5.41 Å². The topological polar surface area (TPSA) is 47.6 Å². The SMILES string of the molecule is CC(C)(C)CN1CCN(C2CNNC(=O)C2Br)CC1. The molecular weight excluding hydrogens is 308 g/mol. The Morgan fingerprint density at radius 3 is 2.47 bits per heavy atom. The highest BCUT2D eigenvalue weighted by Crippen LogP contribution is 2.20. The van der Waals surface area contributed by atoms with Crippen molar-refractivity contribution < 1.29 is 4.79 Å². The molecule has 2 atom stereocenters. The average molecular weight is 333 g/mol. The first-order valence-electron chi connectivity index (χ1n) is 7.00. The third-order valence-corrected chi connectivity index (χ3v) is 4.71. The number of nitrogens with one attached hydrogen (secondary N) is 2. The summed E-state index contributed by atoms with van der Waals surface area (Å²) >= 11 is 3.51. The van der Waals surface area contributed by atoms with Crippen LogP contribution >= 0.6 is 15.9 Å². The van der Waals surface area contributed by atoms with Gasteiger partial charge in [-0.15, -0.1) is 0 Å². The Morgan fingerprint density at radius 2 is 1.89 bits per heavy atom. The van der Waals surface area contributed by atoms with Crippen molar-refractivity contribution >= 4 is 21.8 Å². The summed E-state index contributed by atoms with van der Waals surface area (Å²) in [6, 6.07) is 0.255. The quantitative estimate of drug-likeness (QED) is 0.719. The smallest absolute Gasteiger partial charge is 0.249 e. The summed E-state index contributed by atoms with van der Waals surface area (Å²) in [6.45, 7) is 13.1. The Morgan fingerprint density at radius 1 is 1.26 bits per heavy atom. The van der Waals surface area contributed by atoms with E-state index < -0.39 is 0 Å². The lowest BCUT2D eigenvalue weighted by molar-refractivity contribution is -0.124. The molecule has 0 aromatic heterocycles. The molecule has 2 heterocycles. The monoisotopic (exact) mass is 332 g/mol. The van der Waals surface area contributed by atoms with Gasteiger partial charge in [0.1, 0.15) is 4.83 Å². The molecule has 2 rings (SSSR count). The Hall–Kier alpha value is -0.170. The van der Waals surface area contributed by atoms with Gasteiger partial charge >= 0.3 is 0 Å². The second-order valence-corrected chi connectivity index (χ2v) is 7.70. The molecule has 2 fully saturated rings. The molecule has 0 bridgehead atoms. The number of hydrogen-bond donors (Lipinski definition) is 2. The first-order chi connectivity index (χ1) is 8.87. The molecule has 0 saturated carbocycles. The van der Waals surface area contributed by atoms with E-state index in [1.807, 2.05) is 0 Å². The Labute approximate surface area is 124 Å². The summed E-state index contributed by atoms with van der Waals surface area (Å²) in [5.41, 5.74) is 6.00. The third kappa shape index (κ3) is 4.15. The number of nitrogens with zero attached hydrogens (tertiary/aromatic N) is 2. The summed E-state index contributed by atoms with van der Waals surface area (Å²) < 4.78 is 0. The number of carbonyl (C=O) groups excluding carboxylic acids is 1. The summed E-state index contributed by atoms with van der Waals surface area (Å²) in [5.74, 6) is 0.0355. The maximum Gasteiger partial charge on any atom is 0.249 e. The van der Waals surface area contributed by atoms with Crippen molar-refractivity contribution in [2.45, 2.75) is 31.6 Å². The van der Waals surface area contributed by atoms with Crippen LogP contribution in [0.5, 0.6) is 0 Å². The van der Waals surface area contributed by atoms with Crippen LogP contribution in [0.1, 0.15) is 20.8 Å². The molecule has 2 aliphatic heterocycles. The number of hydrogen-bond acceptors (Lipinski definition) is 4. The van der Waals surface area contributed by atoms with Crippen LogP contribution in [0.15, 0.2) is 0 Å². The van der Waals surface area contributed by atoms with E-state index in [-0.39, 0.29) is 16.8 Å². The molecule has 6 heteroatoms. The van der Waals surface area contributed by atoms with Gasteiger partial charge in [-0.2, -0.15) is 0 Å². The molecule has 0 aromatic rings. The molecule has 2 aliphatic rings. The second-order valence-electron chi connectivity index (χ2n) is 6.71. The van der Waals surface area contributed by atoms with E-state index >= 15 is 0 Å². The van der Waals surface area contributed by atoms with Crippen molar-refractivity contribution in [2.75, 3.05) is 39.3 Å². The molecule has 110 valence electrons. The van der Waals surface area contributed by atoms with Crippen LogP contribution in [-0.4, -0.2) is 65.8 Å². The van der Waals surface area contributed by atoms with Crippen molar-refractivity contribution in [1.82, 2.24) is 20.7 Å². The van der Waals surface area contributed by atoms with E-state index in [9.17, 15) is 4.79 Å². The van der Waals surface area contributed by atoms with E-state index in [4.69, 9.17) is 0 Å². The van der Waals surface area contributed by atoms with E-state index in [1.54, 1.807) is 0 Å². The molecule has 19 heavy (non-hydrogen) atoms. The molecule has 2 N–H and O–H groups in total. The summed E-state index contributed by atoms with van der Waals surface area (Å²) in [5, 5.41) is 0. The maximum absolute atomic E-state index is 11.6. The van der Waals surface area contributed by atoms with Crippen LogP contribution < -0.4 is 10.9 Å². The van der Waals surface area contributed by atoms with Gasteiger partial charge in [-0.1, -0.05) is 36.7 Å². The van der Waals surface area contributed by atoms with Crippen LogP contribution in [0.2, 0.25) is 0 Å². The van der Waals surface area contributed by atoms with E-state index in [2.05, 4.69) is 57.4 Å². The van der Waals surface area contributed by atoms with Crippen LogP contribution in [0.4, 0.5) is 0 Å². The van der Waals surface area contributed by atoms with Gasteiger partial charge in [0.2, 0.25) is 5.91 Å². The number of amides is 1. The van der Waals surface area contributed by atoms with Gasteiger partial charge in [0.05, 0.1) is 0 Å². The standard InChI is InChI=1S/C13H25BrN4O/c1-13(2,3)9-17-4-6-18(7-5-17)10-8-15-16-12(19)11(10)14/h10-11,15H,4-9H2,1-3H3,(H,16,19). The fourth-order valence-electron chi connectivity index (χ4n) is 2.83. The van der Waals surface area contributed by atoms with Crippen LogP contribution in [0.3, 0.4) is 0 Å². The highest BCUT2D eigenvalue weighted by atomic mass is 79.9. The van der Waals surface area contributed by atoms with Crippen LogP contribution in [0, 0.1) is 5.41 Å². The van der Waals surface area contributed by atoms with Crippen molar-refractivity contribution in [3.8, 4) is 0 Å². The number of hydrazine groups is 1. The lowest BCUT2D eigenvalue weighted by Gasteiger charge is -2.43. The molecule has 5 nitrogen and oxygen atoms in total. The molecular formula is C13H25BrN4O. The molecule has 2 saturated heterocycles. The fraction of sp³-hybridized carbons (Fsp3) is 0.923. The van der Waals surface area contributed by atoms with Gasteiger partial charge in [0, 0.05) is 45.3 Å². The van der Waals surface area contributed by atoms with Crippen molar-refractivity contribution in [3.63, 3.8) is 0 Å². The van der Waals surface area contributed by atoms with Gasteiger partial charge in [0.25, 0.3) is 0 Å². The highest BCUT2D eigenvalue weighted by molar-refractivity contribution is 9.10. The number of alkyl halides is 1. The third-order valence-electron chi connectivity index (χ3n) is 3.68. The van der Waals surface area contributed by atoms with E-state index in [0.717, 1.165) is 39.3 Å². The first kappa shape index (κ1) is 15.2. The summed E-state index contributed by atoms with van der Waals surface area (Å²) in [6.07, 6.45) is 0. The van der Waals surface area contributed by atoms with Gasteiger partial charge < -0.3 is 4.90 Å². The van der Waals surface area contributed by atoms with Crippen molar-refractivity contribution in [2.24, 2.45) is 5.41 Å². The summed E-state index contributed by atoms with van der Waals surface area (Å²) in [4.78, 5) is 16.5. The minimum Gasteiger partial charge on any atom is -0.300 e. The van der Waals surface area contributed by atoms with Crippen molar-refractivity contribution in [3.05, 3.63) is 0 Å². The summed E-state index contributed by atoms with van der Waals surface area (Å²) in [7, 11) is 0. The number of halogens is 1. The minimum absolute atomic E-state index is 0.0355. The lowest BCUT2D eigenvalue weighted by atomic mass is 9.95. The molecule has 1 amide bonds. The van der Waals surface area contributed by atoms with Crippen molar-refractivity contribution in [1.29, 1.82) is 0 Å².